The van der Waals surface area contributed by atoms with Gasteiger partial charge in [0.15, 0.2) is 4.96 Å². The number of aromatic nitrogens is 2. The highest BCUT2D eigenvalue weighted by atomic mass is 32.2. The number of imidazole rings is 1. The Bertz CT molecular complexity index is 594. The van der Waals surface area contributed by atoms with Gasteiger partial charge in [-0.25, -0.2) is 4.98 Å². The molecule has 2 heterocycles. The van der Waals surface area contributed by atoms with E-state index >= 15 is 0 Å². The maximum atomic E-state index is 4.66. The van der Waals surface area contributed by atoms with Gasteiger partial charge < -0.3 is 5.32 Å². The minimum atomic E-state index is 0.474. The summed E-state index contributed by atoms with van der Waals surface area (Å²) in [5.74, 6) is 0. The molecule has 0 radical (unpaired) electrons. The SMILES string of the molecule is CSC1(CNCc2c(C)nc3scc(C)n23)CCCC1. The molecule has 0 amide bonds. The van der Waals surface area contributed by atoms with Crippen LogP contribution in [0.25, 0.3) is 4.96 Å². The molecule has 5 heteroatoms. The number of fused-ring (bicyclic) bond motifs is 1. The van der Waals surface area contributed by atoms with Gasteiger partial charge >= 0.3 is 0 Å². The molecule has 2 aromatic rings. The molecule has 0 unspecified atom stereocenters. The fraction of sp³-hybridized carbons (Fsp3) is 0.667. The molecule has 110 valence electrons. The van der Waals surface area contributed by atoms with Crippen molar-refractivity contribution in [2.45, 2.75) is 50.8 Å². The molecule has 2 aromatic heterocycles. The van der Waals surface area contributed by atoms with Crippen LogP contribution < -0.4 is 5.32 Å². The van der Waals surface area contributed by atoms with E-state index in [1.165, 1.54) is 37.1 Å². The van der Waals surface area contributed by atoms with Crippen LogP contribution in [0.15, 0.2) is 5.38 Å². The van der Waals surface area contributed by atoms with Crippen LogP contribution in [0.4, 0.5) is 0 Å². The summed E-state index contributed by atoms with van der Waals surface area (Å²) in [6.45, 7) is 6.32. The Hall–Kier alpha value is -0.520. The minimum absolute atomic E-state index is 0.474. The van der Waals surface area contributed by atoms with Gasteiger partial charge in [0.2, 0.25) is 0 Å². The Kier molecular flexibility index (Phi) is 4.11. The summed E-state index contributed by atoms with van der Waals surface area (Å²) >= 11 is 3.78. The van der Waals surface area contributed by atoms with Crippen LogP contribution >= 0.6 is 23.1 Å². The van der Waals surface area contributed by atoms with E-state index in [0.717, 1.165) is 23.7 Å². The zero-order valence-electron chi connectivity index (χ0n) is 12.5. The van der Waals surface area contributed by atoms with Gasteiger partial charge in [-0.1, -0.05) is 12.8 Å². The van der Waals surface area contributed by atoms with Crippen molar-refractivity contribution in [3.8, 4) is 0 Å². The smallest absolute Gasteiger partial charge is 0.194 e. The topological polar surface area (TPSA) is 29.3 Å². The van der Waals surface area contributed by atoms with Gasteiger partial charge in [0.05, 0.1) is 11.4 Å². The van der Waals surface area contributed by atoms with Gasteiger partial charge in [-0.15, -0.1) is 11.3 Å². The van der Waals surface area contributed by atoms with Gasteiger partial charge in [0.25, 0.3) is 0 Å². The molecule has 1 N–H and O–H groups in total. The van der Waals surface area contributed by atoms with E-state index in [-0.39, 0.29) is 0 Å². The first-order valence-electron chi connectivity index (χ1n) is 7.33. The summed E-state index contributed by atoms with van der Waals surface area (Å²) in [5.41, 5.74) is 3.79. The zero-order valence-corrected chi connectivity index (χ0v) is 14.2. The van der Waals surface area contributed by atoms with Crippen molar-refractivity contribution in [2.24, 2.45) is 0 Å². The van der Waals surface area contributed by atoms with E-state index < -0.39 is 0 Å². The van der Waals surface area contributed by atoms with Crippen molar-refractivity contribution in [3.05, 3.63) is 22.5 Å². The van der Waals surface area contributed by atoms with Gasteiger partial charge in [0.1, 0.15) is 0 Å². The standard InChI is InChI=1S/C15H23N3S2/c1-11-9-20-14-17-12(2)13(18(11)14)8-16-10-15(19-3)6-4-5-7-15/h9,16H,4-8,10H2,1-3H3. The second-order valence-electron chi connectivity index (χ2n) is 5.84. The Morgan fingerprint density at radius 1 is 1.40 bits per heavy atom. The average Bonchev–Trinajstić information content (AvgIpc) is 3.11. The fourth-order valence-electron chi connectivity index (χ4n) is 3.26. The van der Waals surface area contributed by atoms with E-state index in [0.29, 0.717) is 4.75 Å². The van der Waals surface area contributed by atoms with Gasteiger partial charge in [-0.05, 0) is 32.9 Å². The van der Waals surface area contributed by atoms with Gasteiger partial charge in [-0.2, -0.15) is 11.8 Å². The van der Waals surface area contributed by atoms with E-state index in [1.54, 1.807) is 11.3 Å². The summed E-state index contributed by atoms with van der Waals surface area (Å²) in [5, 5.41) is 5.88. The third-order valence-electron chi connectivity index (χ3n) is 4.52. The number of hydrogen-bond donors (Lipinski definition) is 1. The summed E-state index contributed by atoms with van der Waals surface area (Å²) in [6.07, 6.45) is 7.77. The summed E-state index contributed by atoms with van der Waals surface area (Å²) in [4.78, 5) is 5.78. The normalized spacial score (nSPS) is 18.1. The molecular formula is C15H23N3S2. The van der Waals surface area contributed by atoms with Crippen molar-refractivity contribution < 1.29 is 0 Å². The van der Waals surface area contributed by atoms with E-state index in [2.05, 4.69) is 40.2 Å². The first-order valence-corrected chi connectivity index (χ1v) is 9.43. The number of nitrogens with one attached hydrogen (secondary N) is 1. The van der Waals surface area contributed by atoms with E-state index in [1.807, 2.05) is 11.8 Å². The highest BCUT2D eigenvalue weighted by Crippen LogP contribution is 2.39. The number of thiazole rings is 1. The van der Waals surface area contributed by atoms with E-state index in [9.17, 15) is 0 Å². The van der Waals surface area contributed by atoms with Crippen LogP contribution in [0.1, 0.15) is 42.8 Å². The Balaban J connectivity index is 1.71. The van der Waals surface area contributed by atoms with Crippen LogP contribution in [-0.2, 0) is 6.54 Å². The molecule has 1 saturated carbocycles. The largest absolute Gasteiger partial charge is 0.310 e. The minimum Gasteiger partial charge on any atom is -0.310 e. The highest BCUT2D eigenvalue weighted by molar-refractivity contribution is 8.00. The third-order valence-corrected chi connectivity index (χ3v) is 6.88. The number of hydrogen-bond acceptors (Lipinski definition) is 4. The second-order valence-corrected chi connectivity index (χ2v) is 7.95. The van der Waals surface area contributed by atoms with Gasteiger partial charge in [0, 0.05) is 28.9 Å². The summed E-state index contributed by atoms with van der Waals surface area (Å²) in [7, 11) is 0. The Morgan fingerprint density at radius 3 is 2.85 bits per heavy atom. The van der Waals surface area contributed by atoms with Crippen molar-refractivity contribution in [1.29, 1.82) is 0 Å². The molecule has 0 spiro atoms. The van der Waals surface area contributed by atoms with Crippen LogP contribution in [-0.4, -0.2) is 26.9 Å². The first kappa shape index (κ1) is 14.4. The lowest BCUT2D eigenvalue weighted by atomic mass is 10.1. The fourth-order valence-corrected chi connectivity index (χ4v) is 5.13. The molecule has 20 heavy (non-hydrogen) atoms. The van der Waals surface area contributed by atoms with Crippen molar-refractivity contribution in [1.82, 2.24) is 14.7 Å². The second kappa shape index (κ2) is 5.70. The lowest BCUT2D eigenvalue weighted by Gasteiger charge is -2.27. The molecule has 1 aliphatic carbocycles. The molecule has 0 aromatic carbocycles. The lowest BCUT2D eigenvalue weighted by Crippen LogP contribution is -2.35. The van der Waals surface area contributed by atoms with Crippen LogP contribution in [0.5, 0.6) is 0 Å². The molecule has 0 atom stereocenters. The first-order chi connectivity index (χ1) is 9.65. The maximum absolute atomic E-state index is 4.66. The number of aryl methyl sites for hydroxylation is 2. The molecular weight excluding hydrogens is 286 g/mol. The number of thioether (sulfide) groups is 1. The molecule has 3 rings (SSSR count). The highest BCUT2D eigenvalue weighted by Gasteiger charge is 2.32. The quantitative estimate of drug-likeness (QED) is 0.911. The zero-order chi connectivity index (χ0) is 14.2. The van der Waals surface area contributed by atoms with Crippen LogP contribution in [0.2, 0.25) is 0 Å². The Labute approximate surface area is 129 Å². The molecule has 0 aliphatic heterocycles. The predicted octanol–water partition coefficient (Wildman–Crippen LogP) is 3.78. The lowest BCUT2D eigenvalue weighted by molar-refractivity contribution is 0.528. The van der Waals surface area contributed by atoms with Crippen molar-refractivity contribution >= 4 is 28.1 Å². The summed E-state index contributed by atoms with van der Waals surface area (Å²) < 4.78 is 2.77. The third kappa shape index (κ3) is 2.51. The predicted molar refractivity (Wildman–Crippen MR) is 89.0 cm³/mol. The number of rotatable bonds is 5. The average molecular weight is 310 g/mol. The molecule has 3 nitrogen and oxygen atoms in total. The number of nitrogens with zero attached hydrogens (tertiary/aromatic N) is 2. The maximum Gasteiger partial charge on any atom is 0.194 e. The monoisotopic (exact) mass is 309 g/mol. The van der Waals surface area contributed by atoms with Crippen LogP contribution in [0.3, 0.4) is 0 Å². The van der Waals surface area contributed by atoms with Crippen molar-refractivity contribution in [2.75, 3.05) is 12.8 Å². The molecule has 0 saturated heterocycles. The van der Waals surface area contributed by atoms with Crippen LogP contribution in [0, 0.1) is 13.8 Å². The van der Waals surface area contributed by atoms with Gasteiger partial charge in [-0.3, -0.25) is 4.40 Å². The molecule has 0 bridgehead atoms. The van der Waals surface area contributed by atoms with Crippen molar-refractivity contribution in [3.63, 3.8) is 0 Å². The summed E-state index contributed by atoms with van der Waals surface area (Å²) in [6, 6.07) is 0. The van der Waals surface area contributed by atoms with E-state index in [4.69, 9.17) is 0 Å². The molecule has 1 aliphatic rings. The Morgan fingerprint density at radius 2 is 2.15 bits per heavy atom. The molecule has 1 fully saturated rings.